The number of hydrogen-bond donors (Lipinski definition) is 1. The van der Waals surface area contributed by atoms with Crippen LogP contribution in [0.15, 0.2) is 65.3 Å². The van der Waals surface area contributed by atoms with Gasteiger partial charge in [-0.3, -0.25) is 4.79 Å². The first kappa shape index (κ1) is 19.1. The van der Waals surface area contributed by atoms with Crippen LogP contribution >= 0.6 is 23.1 Å². The number of carbonyl (C=O) groups excluding carboxylic acids is 1. The van der Waals surface area contributed by atoms with Gasteiger partial charge in [0.05, 0.1) is 11.0 Å². The van der Waals surface area contributed by atoms with Gasteiger partial charge in [0.1, 0.15) is 0 Å². The monoisotopic (exact) mass is 435 g/mol. The molecule has 0 unspecified atom stereocenters. The first-order valence-electron chi connectivity index (χ1n) is 9.87. The number of aromatic amines is 1. The number of fused-ring (bicyclic) bond motifs is 1. The van der Waals surface area contributed by atoms with Crippen LogP contribution in [0, 0.1) is 0 Å². The predicted octanol–water partition coefficient (Wildman–Crippen LogP) is 4.27. The average Bonchev–Trinajstić information content (AvgIpc) is 3.47. The Kier molecular flexibility index (Phi) is 5.42. The summed E-state index contributed by atoms with van der Waals surface area (Å²) in [6.45, 7) is 3.05. The number of amides is 1. The largest absolute Gasteiger partial charge is 0.345 e. The number of carbonyl (C=O) groups is 1. The predicted molar refractivity (Wildman–Crippen MR) is 122 cm³/mol. The van der Waals surface area contributed by atoms with Gasteiger partial charge in [0.2, 0.25) is 0 Å². The van der Waals surface area contributed by atoms with E-state index >= 15 is 0 Å². The molecule has 2 aromatic carbocycles. The van der Waals surface area contributed by atoms with Crippen molar-refractivity contribution in [1.29, 1.82) is 0 Å². The second kappa shape index (κ2) is 8.49. The summed E-state index contributed by atoms with van der Waals surface area (Å²) in [4.78, 5) is 29.8. The second-order valence-electron chi connectivity index (χ2n) is 7.10. The number of imidazole rings is 1. The summed E-state index contributed by atoms with van der Waals surface area (Å²) < 4.78 is 0. The van der Waals surface area contributed by atoms with Crippen LogP contribution in [-0.2, 0) is 5.75 Å². The Morgan fingerprint density at radius 1 is 1.07 bits per heavy atom. The van der Waals surface area contributed by atoms with Crippen molar-refractivity contribution >= 4 is 45.2 Å². The fraction of sp³-hybridized carbons (Fsp3) is 0.227. The maximum atomic E-state index is 13.2. The lowest BCUT2D eigenvalue weighted by Gasteiger charge is -2.34. The van der Waals surface area contributed by atoms with Crippen molar-refractivity contribution in [3.05, 3.63) is 71.2 Å². The molecule has 4 aromatic rings. The summed E-state index contributed by atoms with van der Waals surface area (Å²) in [6.07, 6.45) is 1.83. The molecule has 3 heterocycles. The van der Waals surface area contributed by atoms with Gasteiger partial charge in [0.15, 0.2) is 10.3 Å². The summed E-state index contributed by atoms with van der Waals surface area (Å²) in [7, 11) is 0. The summed E-state index contributed by atoms with van der Waals surface area (Å²) in [6, 6.07) is 15.9. The third-order valence-corrected chi connectivity index (χ3v) is 6.99. The number of benzene rings is 2. The van der Waals surface area contributed by atoms with Crippen molar-refractivity contribution in [3.63, 3.8) is 0 Å². The Balaban J connectivity index is 1.26. The van der Waals surface area contributed by atoms with Gasteiger partial charge in [-0.05, 0) is 23.8 Å². The molecule has 152 valence electrons. The first-order valence-corrected chi connectivity index (χ1v) is 11.7. The number of thioether (sulfide) groups is 1. The fourth-order valence-electron chi connectivity index (χ4n) is 3.64. The van der Waals surface area contributed by atoms with E-state index in [9.17, 15) is 4.79 Å². The van der Waals surface area contributed by atoms with E-state index in [-0.39, 0.29) is 5.91 Å². The van der Waals surface area contributed by atoms with Crippen LogP contribution in [0.2, 0.25) is 0 Å². The maximum Gasteiger partial charge on any atom is 0.254 e. The summed E-state index contributed by atoms with van der Waals surface area (Å²) in [5.41, 5.74) is 3.81. The standard InChI is InChI=1S/C22H21N5OS2/c28-20(26-10-12-27(13-11-26)22-23-9-14-29-22)17-6-2-1-5-16(17)15-30-21-24-18-7-3-4-8-19(18)25-21/h1-9,14H,10-13,15H2,(H,24,25). The minimum Gasteiger partial charge on any atom is -0.345 e. The van der Waals surface area contributed by atoms with E-state index in [4.69, 9.17) is 0 Å². The number of H-pyrrole nitrogens is 1. The molecular formula is C22H21N5OS2. The highest BCUT2D eigenvalue weighted by Crippen LogP contribution is 2.26. The number of thiazole rings is 1. The number of para-hydroxylation sites is 2. The molecule has 0 spiro atoms. The number of rotatable bonds is 5. The van der Waals surface area contributed by atoms with Gasteiger partial charge >= 0.3 is 0 Å². The molecule has 0 saturated carbocycles. The molecule has 2 aromatic heterocycles. The van der Waals surface area contributed by atoms with Crippen LogP contribution in [0.3, 0.4) is 0 Å². The van der Waals surface area contributed by atoms with Crippen molar-refractivity contribution < 1.29 is 4.79 Å². The normalized spacial score (nSPS) is 14.4. The number of aromatic nitrogens is 3. The second-order valence-corrected chi connectivity index (χ2v) is 8.94. The highest BCUT2D eigenvalue weighted by molar-refractivity contribution is 7.98. The molecule has 1 N–H and O–H groups in total. The third kappa shape index (κ3) is 3.93. The van der Waals surface area contributed by atoms with Crippen LogP contribution < -0.4 is 4.90 Å². The quantitative estimate of drug-likeness (QED) is 0.474. The zero-order valence-electron chi connectivity index (χ0n) is 16.3. The van der Waals surface area contributed by atoms with Gasteiger partial charge in [-0.2, -0.15) is 0 Å². The van der Waals surface area contributed by atoms with Crippen molar-refractivity contribution in [3.8, 4) is 0 Å². The van der Waals surface area contributed by atoms with E-state index in [0.717, 1.165) is 45.5 Å². The lowest BCUT2D eigenvalue weighted by atomic mass is 10.1. The van der Waals surface area contributed by atoms with E-state index in [0.29, 0.717) is 18.8 Å². The minimum atomic E-state index is 0.106. The van der Waals surface area contributed by atoms with Crippen LogP contribution in [-0.4, -0.2) is 51.9 Å². The molecule has 1 fully saturated rings. The molecule has 5 rings (SSSR count). The maximum absolute atomic E-state index is 13.2. The van der Waals surface area contributed by atoms with Gasteiger partial charge in [-0.1, -0.05) is 42.1 Å². The molecule has 0 bridgehead atoms. The molecular weight excluding hydrogens is 414 g/mol. The highest BCUT2D eigenvalue weighted by Gasteiger charge is 2.24. The van der Waals surface area contributed by atoms with Crippen molar-refractivity contribution in [1.82, 2.24) is 19.9 Å². The first-order chi connectivity index (χ1) is 14.8. The average molecular weight is 436 g/mol. The van der Waals surface area contributed by atoms with Crippen LogP contribution in [0.5, 0.6) is 0 Å². The zero-order chi connectivity index (χ0) is 20.3. The van der Waals surface area contributed by atoms with E-state index in [1.165, 1.54) is 0 Å². The highest BCUT2D eigenvalue weighted by atomic mass is 32.2. The lowest BCUT2D eigenvalue weighted by molar-refractivity contribution is 0.0746. The van der Waals surface area contributed by atoms with Crippen LogP contribution in [0.25, 0.3) is 11.0 Å². The van der Waals surface area contributed by atoms with E-state index in [1.54, 1.807) is 23.1 Å². The molecule has 0 radical (unpaired) electrons. The van der Waals surface area contributed by atoms with Crippen LogP contribution in [0.1, 0.15) is 15.9 Å². The fourth-order valence-corrected chi connectivity index (χ4v) is 5.23. The number of piperazine rings is 1. The Morgan fingerprint density at radius 3 is 2.67 bits per heavy atom. The Hall–Kier alpha value is -2.84. The number of nitrogens with zero attached hydrogens (tertiary/aromatic N) is 4. The topological polar surface area (TPSA) is 65.1 Å². The molecule has 0 atom stereocenters. The zero-order valence-corrected chi connectivity index (χ0v) is 18.0. The van der Waals surface area contributed by atoms with Gasteiger partial charge in [0, 0.05) is 49.1 Å². The summed E-state index contributed by atoms with van der Waals surface area (Å²) >= 11 is 3.27. The smallest absolute Gasteiger partial charge is 0.254 e. The van der Waals surface area contributed by atoms with E-state index in [2.05, 4.69) is 19.9 Å². The molecule has 1 saturated heterocycles. The van der Waals surface area contributed by atoms with Crippen molar-refractivity contribution in [2.45, 2.75) is 10.9 Å². The van der Waals surface area contributed by atoms with Crippen molar-refractivity contribution in [2.24, 2.45) is 0 Å². The molecule has 1 aliphatic rings. The summed E-state index contributed by atoms with van der Waals surface area (Å²) in [5.74, 6) is 0.801. The number of anilines is 1. The minimum absolute atomic E-state index is 0.106. The number of hydrogen-bond acceptors (Lipinski definition) is 6. The SMILES string of the molecule is O=C(c1ccccc1CSc1nc2ccccc2[nH]1)N1CCN(c2nccs2)CC1. The van der Waals surface area contributed by atoms with Crippen molar-refractivity contribution in [2.75, 3.05) is 31.1 Å². The van der Waals surface area contributed by atoms with Gasteiger partial charge < -0.3 is 14.8 Å². The Bertz CT molecular complexity index is 1120. The van der Waals surface area contributed by atoms with Gasteiger partial charge in [0.25, 0.3) is 5.91 Å². The lowest BCUT2D eigenvalue weighted by Crippen LogP contribution is -2.49. The number of nitrogens with one attached hydrogen (secondary N) is 1. The van der Waals surface area contributed by atoms with E-state index < -0.39 is 0 Å². The molecule has 0 aliphatic carbocycles. The summed E-state index contributed by atoms with van der Waals surface area (Å²) in [5, 5.41) is 3.89. The van der Waals surface area contributed by atoms with E-state index in [1.807, 2.05) is 65.0 Å². The third-order valence-electron chi connectivity index (χ3n) is 5.24. The molecule has 6 nitrogen and oxygen atoms in total. The van der Waals surface area contributed by atoms with Gasteiger partial charge in [-0.25, -0.2) is 9.97 Å². The molecule has 1 amide bonds. The molecule has 1 aliphatic heterocycles. The molecule has 30 heavy (non-hydrogen) atoms. The van der Waals surface area contributed by atoms with Crippen LogP contribution in [0.4, 0.5) is 5.13 Å². The molecule has 8 heteroatoms. The van der Waals surface area contributed by atoms with Gasteiger partial charge in [-0.15, -0.1) is 11.3 Å². The Morgan fingerprint density at radius 2 is 1.87 bits per heavy atom. The Labute approximate surface area is 183 Å².